The zero-order chi connectivity index (χ0) is 17.8. The lowest BCUT2D eigenvalue weighted by atomic mass is 9.97. The van der Waals surface area contributed by atoms with Crippen molar-refractivity contribution < 1.29 is 4.74 Å². The van der Waals surface area contributed by atoms with Gasteiger partial charge in [-0.3, -0.25) is 4.90 Å². The molecule has 4 rings (SSSR count). The molecule has 2 saturated heterocycles. The van der Waals surface area contributed by atoms with Crippen LogP contribution in [-0.4, -0.2) is 29.6 Å². The van der Waals surface area contributed by atoms with Crippen LogP contribution in [-0.2, 0) is 4.74 Å². The van der Waals surface area contributed by atoms with E-state index in [2.05, 4.69) is 71.6 Å². The summed E-state index contributed by atoms with van der Waals surface area (Å²) in [4.78, 5) is 2.56. The summed E-state index contributed by atoms with van der Waals surface area (Å²) in [5.41, 5.74) is 2.44. The number of piperidine rings is 1. The number of nitriles is 1. The third-order valence-corrected chi connectivity index (χ3v) is 5.86. The van der Waals surface area contributed by atoms with Gasteiger partial charge in [-0.2, -0.15) is 5.26 Å². The average molecular weight is 346 g/mol. The molecule has 2 aromatic rings. The van der Waals surface area contributed by atoms with Crippen LogP contribution in [0, 0.1) is 11.3 Å². The molecule has 2 bridgehead atoms. The highest BCUT2D eigenvalue weighted by Gasteiger charge is 2.41. The van der Waals surface area contributed by atoms with Crippen molar-refractivity contribution in [3.63, 3.8) is 0 Å². The van der Waals surface area contributed by atoms with Gasteiger partial charge in [-0.15, -0.1) is 0 Å². The van der Waals surface area contributed by atoms with E-state index in [0.29, 0.717) is 18.5 Å². The molecule has 2 heterocycles. The first-order chi connectivity index (χ1) is 12.8. The second-order valence-electron chi connectivity index (χ2n) is 7.46. The van der Waals surface area contributed by atoms with E-state index in [4.69, 9.17) is 10.00 Å². The molecule has 3 heteroatoms. The smallest absolute Gasteiger partial charge is 0.108 e. The van der Waals surface area contributed by atoms with Crippen molar-refractivity contribution in [1.82, 2.24) is 4.90 Å². The second-order valence-corrected chi connectivity index (χ2v) is 7.46. The molecule has 2 fully saturated rings. The normalized spacial score (nSPS) is 25.3. The summed E-state index contributed by atoms with van der Waals surface area (Å²) in [6.07, 6.45) is 5.57. The van der Waals surface area contributed by atoms with E-state index >= 15 is 0 Å². The molecule has 0 radical (unpaired) electrons. The largest absolute Gasteiger partial charge is 0.365 e. The van der Waals surface area contributed by atoms with Gasteiger partial charge in [-0.25, -0.2) is 0 Å². The molecular formula is C23H26N2O. The van der Waals surface area contributed by atoms with Crippen LogP contribution in [0.1, 0.15) is 49.3 Å². The van der Waals surface area contributed by atoms with E-state index in [1.54, 1.807) is 0 Å². The fourth-order valence-corrected chi connectivity index (χ4v) is 4.68. The Morgan fingerprint density at radius 1 is 0.923 bits per heavy atom. The monoisotopic (exact) mass is 346 g/mol. The first-order valence-electron chi connectivity index (χ1n) is 9.73. The van der Waals surface area contributed by atoms with Crippen LogP contribution >= 0.6 is 0 Å². The maximum absolute atomic E-state index is 8.91. The molecule has 134 valence electrons. The maximum atomic E-state index is 8.91. The summed E-state index contributed by atoms with van der Waals surface area (Å²) < 4.78 is 6.71. The molecule has 2 aliphatic rings. The predicted octanol–water partition coefficient (Wildman–Crippen LogP) is 4.70. The van der Waals surface area contributed by atoms with Crippen molar-refractivity contribution in [2.45, 2.75) is 56.4 Å². The van der Waals surface area contributed by atoms with Gasteiger partial charge in [0.25, 0.3) is 0 Å². The number of fused-ring (bicyclic) bond motifs is 2. The van der Waals surface area contributed by atoms with Crippen molar-refractivity contribution in [3.8, 4) is 6.07 Å². The van der Waals surface area contributed by atoms with Gasteiger partial charge >= 0.3 is 0 Å². The molecular weight excluding hydrogens is 320 g/mol. The fraction of sp³-hybridized carbons (Fsp3) is 0.435. The van der Waals surface area contributed by atoms with Gasteiger partial charge in [0.05, 0.1) is 12.2 Å². The van der Waals surface area contributed by atoms with Gasteiger partial charge in [-0.1, -0.05) is 60.7 Å². The van der Waals surface area contributed by atoms with Crippen LogP contribution in [0.3, 0.4) is 0 Å². The van der Waals surface area contributed by atoms with Crippen LogP contribution in [0.5, 0.6) is 0 Å². The number of hydrogen-bond acceptors (Lipinski definition) is 3. The number of benzene rings is 2. The molecule has 0 amide bonds. The second kappa shape index (κ2) is 8.03. The van der Waals surface area contributed by atoms with Crippen LogP contribution in [0.2, 0.25) is 0 Å². The summed E-state index contributed by atoms with van der Waals surface area (Å²) in [7, 11) is 0. The van der Waals surface area contributed by atoms with Gasteiger partial charge in [-0.05, 0) is 36.8 Å². The van der Waals surface area contributed by atoms with Gasteiger partial charge < -0.3 is 4.74 Å². The van der Waals surface area contributed by atoms with Gasteiger partial charge in [0, 0.05) is 25.0 Å². The van der Waals surface area contributed by atoms with Crippen LogP contribution in [0.15, 0.2) is 60.7 Å². The molecule has 2 atom stereocenters. The lowest BCUT2D eigenvalue weighted by molar-refractivity contribution is -0.0477. The predicted molar refractivity (Wildman–Crippen MR) is 103 cm³/mol. The molecule has 0 spiro atoms. The van der Waals surface area contributed by atoms with E-state index in [1.807, 2.05) is 0 Å². The number of hydrogen-bond donors (Lipinski definition) is 0. The van der Waals surface area contributed by atoms with Crippen LogP contribution in [0.4, 0.5) is 0 Å². The Morgan fingerprint density at radius 2 is 1.46 bits per heavy atom. The van der Waals surface area contributed by atoms with E-state index in [1.165, 1.54) is 24.0 Å². The molecule has 0 N–H and O–H groups in total. The number of nitrogens with zero attached hydrogens (tertiary/aromatic N) is 2. The van der Waals surface area contributed by atoms with E-state index < -0.39 is 0 Å². The third kappa shape index (κ3) is 3.67. The Balaban J connectivity index is 1.50. The summed E-state index contributed by atoms with van der Waals surface area (Å²) in [5, 5.41) is 8.91. The van der Waals surface area contributed by atoms with Gasteiger partial charge in [0.2, 0.25) is 0 Å². The Labute approximate surface area is 156 Å². The summed E-state index contributed by atoms with van der Waals surface area (Å²) in [6, 6.07) is 24.6. The van der Waals surface area contributed by atoms with Crippen molar-refractivity contribution >= 4 is 0 Å². The average Bonchev–Trinajstić information content (AvgIpc) is 2.93. The highest BCUT2D eigenvalue weighted by Crippen LogP contribution is 2.39. The molecule has 2 unspecified atom stereocenters. The summed E-state index contributed by atoms with van der Waals surface area (Å²) >= 11 is 0. The lowest BCUT2D eigenvalue weighted by Gasteiger charge is -2.39. The SMILES string of the molecule is N#CCCN1C2CCC1CC(OC(c1ccccc1)c1ccccc1)C2. The standard InChI is InChI=1S/C23H26N2O/c24-14-7-15-25-20-12-13-21(25)17-22(16-20)26-23(18-8-3-1-4-9-18)19-10-5-2-6-11-19/h1-6,8-11,20-23H,7,12-13,15-17H2. The van der Waals surface area contributed by atoms with E-state index in [9.17, 15) is 0 Å². The zero-order valence-corrected chi connectivity index (χ0v) is 15.1. The minimum Gasteiger partial charge on any atom is -0.365 e. The summed E-state index contributed by atoms with van der Waals surface area (Å²) in [5.74, 6) is 0. The van der Waals surface area contributed by atoms with Crippen molar-refractivity contribution in [2.24, 2.45) is 0 Å². The van der Waals surface area contributed by atoms with E-state index in [-0.39, 0.29) is 12.2 Å². The minimum absolute atomic E-state index is 0.00698. The summed E-state index contributed by atoms with van der Waals surface area (Å²) in [6.45, 7) is 0.916. The van der Waals surface area contributed by atoms with Crippen molar-refractivity contribution in [3.05, 3.63) is 71.8 Å². The Hall–Kier alpha value is -2.15. The highest BCUT2D eigenvalue weighted by atomic mass is 16.5. The van der Waals surface area contributed by atoms with Crippen molar-refractivity contribution in [1.29, 1.82) is 5.26 Å². The van der Waals surface area contributed by atoms with Crippen molar-refractivity contribution in [2.75, 3.05) is 6.54 Å². The lowest BCUT2D eigenvalue weighted by Crippen LogP contribution is -2.46. The molecule has 2 aromatic carbocycles. The first-order valence-corrected chi connectivity index (χ1v) is 9.73. The van der Waals surface area contributed by atoms with Gasteiger partial charge in [0.15, 0.2) is 0 Å². The highest BCUT2D eigenvalue weighted by molar-refractivity contribution is 5.30. The Morgan fingerprint density at radius 3 is 1.96 bits per heavy atom. The molecule has 0 aromatic heterocycles. The Kier molecular flexibility index (Phi) is 5.34. The zero-order valence-electron chi connectivity index (χ0n) is 15.1. The fourth-order valence-electron chi connectivity index (χ4n) is 4.68. The van der Waals surface area contributed by atoms with Crippen LogP contribution in [0.25, 0.3) is 0 Å². The van der Waals surface area contributed by atoms with Crippen LogP contribution < -0.4 is 0 Å². The quantitative estimate of drug-likeness (QED) is 0.760. The molecule has 26 heavy (non-hydrogen) atoms. The Bertz CT molecular complexity index is 686. The maximum Gasteiger partial charge on any atom is 0.108 e. The first kappa shape index (κ1) is 17.3. The van der Waals surface area contributed by atoms with E-state index in [0.717, 1.165) is 19.4 Å². The third-order valence-electron chi connectivity index (χ3n) is 5.86. The molecule has 0 saturated carbocycles. The number of rotatable bonds is 6. The minimum atomic E-state index is -0.00698. The molecule has 2 aliphatic heterocycles. The molecule has 0 aliphatic carbocycles. The van der Waals surface area contributed by atoms with Gasteiger partial charge in [0.1, 0.15) is 6.10 Å². The topological polar surface area (TPSA) is 36.3 Å². The molecule has 3 nitrogen and oxygen atoms in total. The number of ether oxygens (including phenoxy) is 1.